The van der Waals surface area contributed by atoms with Crippen molar-refractivity contribution in [2.24, 2.45) is 0 Å². The molecule has 1 saturated heterocycles. The first-order valence-electron chi connectivity index (χ1n) is 8.16. The van der Waals surface area contributed by atoms with Gasteiger partial charge < -0.3 is 9.64 Å². The van der Waals surface area contributed by atoms with Gasteiger partial charge in [-0.3, -0.25) is 4.79 Å². The highest BCUT2D eigenvalue weighted by Crippen LogP contribution is 2.25. The predicted octanol–water partition coefficient (Wildman–Crippen LogP) is 2.43. The zero-order valence-electron chi connectivity index (χ0n) is 14.3. The van der Waals surface area contributed by atoms with E-state index in [1.165, 1.54) is 16.2 Å². The van der Waals surface area contributed by atoms with Crippen LogP contribution in [0.4, 0.5) is 5.69 Å². The van der Waals surface area contributed by atoms with Crippen molar-refractivity contribution in [1.29, 1.82) is 0 Å². The maximum atomic E-state index is 12.8. The summed E-state index contributed by atoms with van der Waals surface area (Å²) in [5.41, 5.74) is 1.40. The number of ether oxygens (including phenoxy) is 1. The molecule has 1 fully saturated rings. The Bertz CT molecular complexity index is 905. The molecule has 1 aromatic carbocycles. The normalized spacial score (nSPS) is 18.4. The molecule has 0 bridgehead atoms. The summed E-state index contributed by atoms with van der Waals surface area (Å²) in [5, 5.41) is 1.79. The third-order valence-electron chi connectivity index (χ3n) is 4.25. The minimum Gasteiger partial charge on any atom is -0.451 e. The van der Waals surface area contributed by atoms with Crippen molar-refractivity contribution in [3.8, 4) is 0 Å². The molecule has 3 rings (SSSR count). The van der Waals surface area contributed by atoms with E-state index in [4.69, 9.17) is 4.74 Å². The van der Waals surface area contributed by atoms with Gasteiger partial charge in [0, 0.05) is 5.69 Å². The SMILES string of the molecule is Cc1ccsc1C(=O)OCC(=O)N(c1ccccc1)[C@H]1CCS(=O)(=O)C1. The molecule has 1 amide bonds. The van der Waals surface area contributed by atoms with Crippen LogP contribution >= 0.6 is 11.3 Å². The van der Waals surface area contributed by atoms with E-state index in [0.717, 1.165) is 5.56 Å². The summed E-state index contributed by atoms with van der Waals surface area (Å²) in [5.74, 6) is -0.993. The fraction of sp³-hybridized carbons (Fsp3) is 0.333. The van der Waals surface area contributed by atoms with Gasteiger partial charge in [-0.2, -0.15) is 0 Å². The Kier molecular flexibility index (Phi) is 5.43. The number of para-hydroxylation sites is 1. The van der Waals surface area contributed by atoms with Crippen LogP contribution in [0.2, 0.25) is 0 Å². The zero-order chi connectivity index (χ0) is 18.7. The van der Waals surface area contributed by atoms with Gasteiger partial charge in [-0.05, 0) is 42.5 Å². The zero-order valence-corrected chi connectivity index (χ0v) is 15.9. The summed E-state index contributed by atoms with van der Waals surface area (Å²) >= 11 is 1.26. The molecule has 1 aliphatic rings. The van der Waals surface area contributed by atoms with Crippen LogP contribution in [0, 0.1) is 6.92 Å². The van der Waals surface area contributed by atoms with Gasteiger partial charge in [-0.25, -0.2) is 13.2 Å². The number of carbonyl (C=O) groups is 2. The number of rotatable bonds is 5. The molecule has 8 heteroatoms. The third kappa shape index (κ3) is 4.13. The van der Waals surface area contributed by atoms with Crippen LogP contribution < -0.4 is 4.90 Å². The Morgan fingerprint density at radius 2 is 1.96 bits per heavy atom. The lowest BCUT2D eigenvalue weighted by Crippen LogP contribution is -2.43. The smallest absolute Gasteiger partial charge is 0.349 e. The van der Waals surface area contributed by atoms with E-state index in [1.54, 1.807) is 36.6 Å². The Labute approximate surface area is 156 Å². The van der Waals surface area contributed by atoms with E-state index in [-0.39, 0.29) is 11.5 Å². The first-order valence-corrected chi connectivity index (χ1v) is 10.9. The van der Waals surface area contributed by atoms with Gasteiger partial charge in [0.25, 0.3) is 5.91 Å². The monoisotopic (exact) mass is 393 g/mol. The van der Waals surface area contributed by atoms with Crippen LogP contribution in [-0.2, 0) is 19.4 Å². The summed E-state index contributed by atoms with van der Waals surface area (Å²) in [6, 6.07) is 10.2. The minimum absolute atomic E-state index is 0.0580. The number of hydrogen-bond acceptors (Lipinski definition) is 6. The van der Waals surface area contributed by atoms with E-state index >= 15 is 0 Å². The van der Waals surface area contributed by atoms with Crippen molar-refractivity contribution in [1.82, 2.24) is 0 Å². The number of carbonyl (C=O) groups excluding carboxylic acids is 2. The molecule has 0 spiro atoms. The first kappa shape index (κ1) is 18.6. The van der Waals surface area contributed by atoms with Gasteiger partial charge in [0.15, 0.2) is 16.4 Å². The molecule has 0 aliphatic carbocycles. The van der Waals surface area contributed by atoms with Crippen LogP contribution in [0.1, 0.15) is 21.7 Å². The Balaban J connectivity index is 1.75. The second-order valence-electron chi connectivity index (χ2n) is 6.17. The summed E-state index contributed by atoms with van der Waals surface area (Å²) in [4.78, 5) is 26.8. The second kappa shape index (κ2) is 7.59. The van der Waals surface area contributed by atoms with Gasteiger partial charge in [0.05, 0.1) is 17.5 Å². The summed E-state index contributed by atoms with van der Waals surface area (Å²) in [6.45, 7) is 1.37. The highest BCUT2D eigenvalue weighted by molar-refractivity contribution is 7.91. The van der Waals surface area contributed by atoms with E-state index in [1.807, 2.05) is 12.1 Å². The molecule has 1 atom stereocenters. The van der Waals surface area contributed by atoms with Gasteiger partial charge in [-0.1, -0.05) is 18.2 Å². The van der Waals surface area contributed by atoms with Crippen molar-refractivity contribution in [3.05, 3.63) is 52.2 Å². The summed E-state index contributed by atoms with van der Waals surface area (Å²) in [6.07, 6.45) is 0.376. The number of sulfone groups is 1. The largest absolute Gasteiger partial charge is 0.451 e. The maximum Gasteiger partial charge on any atom is 0.349 e. The number of amides is 1. The molecular formula is C18H19NO5S2. The Morgan fingerprint density at radius 1 is 1.23 bits per heavy atom. The highest BCUT2D eigenvalue weighted by atomic mass is 32.2. The van der Waals surface area contributed by atoms with Crippen molar-refractivity contribution in [3.63, 3.8) is 0 Å². The molecule has 2 heterocycles. The van der Waals surface area contributed by atoms with E-state index in [9.17, 15) is 18.0 Å². The molecule has 6 nitrogen and oxygen atoms in total. The number of nitrogens with zero attached hydrogens (tertiary/aromatic N) is 1. The molecule has 0 N–H and O–H groups in total. The first-order chi connectivity index (χ1) is 12.4. The molecule has 2 aromatic rings. The standard InChI is InChI=1S/C18H19NO5S2/c1-13-7-9-25-17(13)18(21)24-11-16(20)19(14-5-3-2-4-6-14)15-8-10-26(22,23)12-15/h2-7,9,15H,8,10-12H2,1H3/t15-/m0/s1. The van der Waals surface area contributed by atoms with Crippen LogP contribution in [0.5, 0.6) is 0 Å². The predicted molar refractivity (Wildman–Crippen MR) is 100 cm³/mol. The van der Waals surface area contributed by atoms with E-state index in [2.05, 4.69) is 0 Å². The number of thiophene rings is 1. The number of benzene rings is 1. The van der Waals surface area contributed by atoms with Crippen LogP contribution in [0.15, 0.2) is 41.8 Å². The van der Waals surface area contributed by atoms with Crippen LogP contribution in [0.3, 0.4) is 0 Å². The molecule has 0 radical (unpaired) electrons. The van der Waals surface area contributed by atoms with Gasteiger partial charge >= 0.3 is 5.97 Å². The van der Waals surface area contributed by atoms with Crippen LogP contribution in [0.25, 0.3) is 0 Å². The molecular weight excluding hydrogens is 374 g/mol. The third-order valence-corrected chi connectivity index (χ3v) is 7.00. The molecule has 138 valence electrons. The van der Waals surface area contributed by atoms with E-state index in [0.29, 0.717) is 17.0 Å². The fourth-order valence-corrected chi connectivity index (χ4v) is 5.49. The molecule has 0 unspecified atom stereocenters. The van der Waals surface area contributed by atoms with Crippen molar-refractivity contribution >= 4 is 38.7 Å². The Morgan fingerprint density at radius 3 is 2.54 bits per heavy atom. The van der Waals surface area contributed by atoms with E-state index < -0.39 is 34.4 Å². The average molecular weight is 393 g/mol. The van der Waals surface area contributed by atoms with Gasteiger partial charge in [0.1, 0.15) is 4.88 Å². The van der Waals surface area contributed by atoms with Gasteiger partial charge in [-0.15, -0.1) is 11.3 Å². The summed E-state index contributed by atoms with van der Waals surface area (Å²) in [7, 11) is -3.15. The van der Waals surface area contributed by atoms with Crippen molar-refractivity contribution < 1.29 is 22.7 Å². The number of esters is 1. The Hall–Kier alpha value is -2.19. The lowest BCUT2D eigenvalue weighted by Gasteiger charge is -2.28. The van der Waals surface area contributed by atoms with Gasteiger partial charge in [0.2, 0.25) is 0 Å². The average Bonchev–Trinajstić information content (AvgIpc) is 3.19. The molecule has 1 aliphatic heterocycles. The second-order valence-corrected chi connectivity index (χ2v) is 9.31. The number of hydrogen-bond donors (Lipinski definition) is 0. The molecule has 0 saturated carbocycles. The van der Waals surface area contributed by atoms with Crippen LogP contribution in [-0.4, -0.2) is 44.4 Å². The molecule has 1 aromatic heterocycles. The topological polar surface area (TPSA) is 80.8 Å². The minimum atomic E-state index is -3.15. The number of anilines is 1. The maximum absolute atomic E-state index is 12.8. The molecule has 26 heavy (non-hydrogen) atoms. The van der Waals surface area contributed by atoms with Crippen molar-refractivity contribution in [2.45, 2.75) is 19.4 Å². The lowest BCUT2D eigenvalue weighted by atomic mass is 10.2. The fourth-order valence-electron chi connectivity index (χ4n) is 2.97. The summed E-state index contributed by atoms with van der Waals surface area (Å²) < 4.78 is 28.8. The van der Waals surface area contributed by atoms with Crippen molar-refractivity contribution in [2.75, 3.05) is 23.0 Å². The highest BCUT2D eigenvalue weighted by Gasteiger charge is 2.35. The quantitative estimate of drug-likeness (QED) is 0.729. The number of aryl methyl sites for hydroxylation is 1. The lowest BCUT2D eigenvalue weighted by molar-refractivity contribution is -0.122.